The molecule has 0 aromatic carbocycles. The van der Waals surface area contributed by atoms with Crippen LogP contribution in [0.4, 0.5) is 4.39 Å². The quantitative estimate of drug-likeness (QED) is 0.695. The van der Waals surface area contributed by atoms with Crippen LogP contribution in [0.25, 0.3) is 0 Å². The maximum absolute atomic E-state index is 13.8. The lowest BCUT2D eigenvalue weighted by atomic mass is 9.74. The zero-order valence-electron chi connectivity index (χ0n) is 9.83. The monoisotopic (exact) mass is 237 g/mol. The summed E-state index contributed by atoms with van der Waals surface area (Å²) in [6, 6.07) is 0. The van der Waals surface area contributed by atoms with Crippen LogP contribution in [0.3, 0.4) is 0 Å². The molecular weight excluding hydrogens is 217 g/mol. The van der Waals surface area contributed by atoms with Crippen molar-refractivity contribution < 1.29 is 12.8 Å². The molecule has 1 saturated heterocycles. The molecule has 3 nitrogen and oxygen atoms in total. The highest BCUT2D eigenvalue weighted by molar-refractivity contribution is 7.88. The van der Waals surface area contributed by atoms with Crippen LogP contribution < -0.4 is 0 Å². The third-order valence-corrected chi connectivity index (χ3v) is 4.36. The molecule has 90 valence electrons. The molecule has 0 radical (unpaired) electrons. The Bertz CT molecular complexity index is 321. The second kappa shape index (κ2) is 4.01. The fraction of sp³-hybridized carbons (Fsp3) is 1.00. The minimum atomic E-state index is -3.23. The highest BCUT2D eigenvalue weighted by Gasteiger charge is 2.39. The number of hydrogen-bond donors (Lipinski definition) is 0. The smallest absolute Gasteiger partial charge is 0.211 e. The zero-order valence-corrected chi connectivity index (χ0v) is 10.6. The predicted octanol–water partition coefficient (Wildman–Crippen LogP) is 1.65. The molecule has 0 aromatic rings. The van der Waals surface area contributed by atoms with Crippen molar-refractivity contribution in [1.82, 2.24) is 4.31 Å². The lowest BCUT2D eigenvalue weighted by molar-refractivity contribution is 0.0559. The Morgan fingerprint density at radius 1 is 1.33 bits per heavy atom. The number of alkyl halides is 1. The van der Waals surface area contributed by atoms with Crippen LogP contribution >= 0.6 is 0 Å². The molecule has 5 heteroatoms. The molecule has 2 atom stereocenters. The number of hydrogen-bond acceptors (Lipinski definition) is 2. The van der Waals surface area contributed by atoms with Crippen molar-refractivity contribution >= 4 is 10.0 Å². The van der Waals surface area contributed by atoms with E-state index in [1.807, 2.05) is 20.8 Å². The van der Waals surface area contributed by atoms with Gasteiger partial charge in [-0.1, -0.05) is 20.8 Å². The van der Waals surface area contributed by atoms with Gasteiger partial charge in [-0.25, -0.2) is 12.8 Å². The van der Waals surface area contributed by atoms with Crippen LogP contribution in [0.15, 0.2) is 0 Å². The summed E-state index contributed by atoms with van der Waals surface area (Å²) < 4.78 is 37.5. The van der Waals surface area contributed by atoms with Gasteiger partial charge in [-0.2, -0.15) is 4.31 Å². The van der Waals surface area contributed by atoms with Crippen LogP contribution in [0.5, 0.6) is 0 Å². The fourth-order valence-electron chi connectivity index (χ4n) is 2.15. The van der Waals surface area contributed by atoms with Crippen molar-refractivity contribution in [3.8, 4) is 0 Å². The van der Waals surface area contributed by atoms with Crippen molar-refractivity contribution in [1.29, 1.82) is 0 Å². The van der Waals surface area contributed by atoms with Gasteiger partial charge in [0.15, 0.2) is 0 Å². The van der Waals surface area contributed by atoms with Crippen molar-refractivity contribution in [3.05, 3.63) is 0 Å². The second-order valence-electron chi connectivity index (χ2n) is 5.40. The molecule has 1 aliphatic heterocycles. The van der Waals surface area contributed by atoms with Gasteiger partial charge < -0.3 is 0 Å². The molecule has 0 aromatic heterocycles. The molecule has 1 fully saturated rings. The summed E-state index contributed by atoms with van der Waals surface area (Å²) in [6.07, 6.45) is 0.697. The normalized spacial score (nSPS) is 30.5. The van der Waals surface area contributed by atoms with Crippen LogP contribution in [0, 0.1) is 11.3 Å². The number of halogens is 1. The van der Waals surface area contributed by atoms with Crippen molar-refractivity contribution in [2.75, 3.05) is 19.3 Å². The van der Waals surface area contributed by atoms with Crippen LogP contribution in [-0.4, -0.2) is 38.2 Å². The van der Waals surface area contributed by atoms with Gasteiger partial charge in [-0.3, -0.25) is 0 Å². The molecule has 0 bridgehead atoms. The molecule has 1 aliphatic rings. The maximum atomic E-state index is 13.8. The molecule has 0 aliphatic carbocycles. The lowest BCUT2D eigenvalue weighted by Gasteiger charge is -2.40. The molecule has 15 heavy (non-hydrogen) atoms. The molecular formula is C10H20FNO2S. The molecule has 1 rings (SSSR count). The summed E-state index contributed by atoms with van der Waals surface area (Å²) in [6.45, 7) is 6.46. The first-order valence-electron chi connectivity index (χ1n) is 5.21. The van der Waals surface area contributed by atoms with E-state index in [1.54, 1.807) is 0 Å². The molecule has 0 N–H and O–H groups in total. The Hall–Kier alpha value is -0.160. The second-order valence-corrected chi connectivity index (χ2v) is 7.38. The minimum Gasteiger partial charge on any atom is -0.246 e. The van der Waals surface area contributed by atoms with Crippen LogP contribution in [-0.2, 0) is 10.0 Å². The maximum Gasteiger partial charge on any atom is 0.211 e. The summed E-state index contributed by atoms with van der Waals surface area (Å²) in [5.74, 6) is -0.0458. The third-order valence-electron chi connectivity index (χ3n) is 3.09. The van der Waals surface area contributed by atoms with Gasteiger partial charge in [0.05, 0.1) is 6.26 Å². The van der Waals surface area contributed by atoms with Gasteiger partial charge in [-0.05, 0) is 17.8 Å². The first kappa shape index (κ1) is 12.9. The third kappa shape index (κ3) is 3.14. The highest BCUT2D eigenvalue weighted by atomic mass is 32.2. The van der Waals surface area contributed by atoms with E-state index in [0.717, 1.165) is 6.26 Å². The lowest BCUT2D eigenvalue weighted by Crippen LogP contribution is -2.47. The van der Waals surface area contributed by atoms with Crippen LogP contribution in [0.1, 0.15) is 27.2 Å². The fourth-order valence-corrected chi connectivity index (χ4v) is 3.00. The molecule has 1 heterocycles. The van der Waals surface area contributed by atoms with E-state index in [-0.39, 0.29) is 17.9 Å². The Balaban J connectivity index is 2.72. The zero-order chi connectivity index (χ0) is 11.9. The SMILES string of the molecule is CC(C)(C)[C@H]1CCN(S(C)(=O)=O)C[C@H]1F. The van der Waals surface area contributed by atoms with Gasteiger partial charge in [0.2, 0.25) is 10.0 Å². The van der Waals surface area contributed by atoms with E-state index in [4.69, 9.17) is 0 Å². The average Bonchev–Trinajstić information content (AvgIpc) is 1.99. The van der Waals surface area contributed by atoms with E-state index in [2.05, 4.69) is 0 Å². The van der Waals surface area contributed by atoms with Gasteiger partial charge in [-0.15, -0.1) is 0 Å². The van der Waals surface area contributed by atoms with Gasteiger partial charge in [0, 0.05) is 13.1 Å². The largest absolute Gasteiger partial charge is 0.246 e. The topological polar surface area (TPSA) is 37.4 Å². The van der Waals surface area contributed by atoms with Crippen LogP contribution in [0.2, 0.25) is 0 Å². The average molecular weight is 237 g/mol. The number of sulfonamides is 1. The van der Waals surface area contributed by atoms with Gasteiger partial charge >= 0.3 is 0 Å². The Morgan fingerprint density at radius 3 is 2.20 bits per heavy atom. The Labute approximate surface area is 91.7 Å². The van der Waals surface area contributed by atoms with Crippen molar-refractivity contribution in [3.63, 3.8) is 0 Å². The molecule has 0 amide bonds. The molecule has 0 unspecified atom stereocenters. The minimum absolute atomic E-state index is 0.0147. The van der Waals surface area contributed by atoms with E-state index in [9.17, 15) is 12.8 Å². The first-order chi connectivity index (χ1) is 6.62. The number of nitrogens with zero attached hydrogens (tertiary/aromatic N) is 1. The van der Waals surface area contributed by atoms with Gasteiger partial charge in [0.25, 0.3) is 0 Å². The number of rotatable bonds is 1. The predicted molar refractivity (Wildman–Crippen MR) is 58.9 cm³/mol. The summed E-state index contributed by atoms with van der Waals surface area (Å²) >= 11 is 0. The summed E-state index contributed by atoms with van der Waals surface area (Å²) in [7, 11) is -3.23. The highest BCUT2D eigenvalue weighted by Crippen LogP contribution is 2.36. The van der Waals surface area contributed by atoms with Crippen molar-refractivity contribution in [2.45, 2.75) is 33.4 Å². The number of piperidine rings is 1. The summed E-state index contributed by atoms with van der Waals surface area (Å²) in [4.78, 5) is 0. The van der Waals surface area contributed by atoms with E-state index in [1.165, 1.54) is 4.31 Å². The van der Waals surface area contributed by atoms with E-state index in [0.29, 0.717) is 13.0 Å². The van der Waals surface area contributed by atoms with E-state index < -0.39 is 16.2 Å². The summed E-state index contributed by atoms with van der Waals surface area (Å²) in [5.41, 5.74) is -0.0942. The van der Waals surface area contributed by atoms with Crippen molar-refractivity contribution in [2.24, 2.45) is 11.3 Å². The van der Waals surface area contributed by atoms with Gasteiger partial charge in [0.1, 0.15) is 6.17 Å². The standard InChI is InChI=1S/C10H20FNO2S/c1-10(2,3)8-5-6-12(7-9(8)11)15(4,13)14/h8-9H,5-7H2,1-4H3/t8-,9+/m0/s1. The molecule has 0 saturated carbocycles. The Morgan fingerprint density at radius 2 is 1.87 bits per heavy atom. The summed E-state index contributed by atoms with van der Waals surface area (Å²) in [5, 5.41) is 0. The van der Waals surface area contributed by atoms with E-state index >= 15 is 0 Å². The Kier molecular flexibility index (Phi) is 3.45. The first-order valence-corrected chi connectivity index (χ1v) is 7.06. The molecule has 0 spiro atoms.